The lowest BCUT2D eigenvalue weighted by molar-refractivity contribution is -0.145. The van der Waals surface area contributed by atoms with Crippen LogP contribution in [0.25, 0.3) is 0 Å². The quantitative estimate of drug-likeness (QED) is 0.640. The van der Waals surface area contributed by atoms with Gasteiger partial charge in [0.1, 0.15) is 6.04 Å². The minimum absolute atomic E-state index is 0.0699. The maximum Gasteiger partial charge on any atom is 0.414 e. The van der Waals surface area contributed by atoms with Crippen molar-refractivity contribution < 1.29 is 24.6 Å². The van der Waals surface area contributed by atoms with Gasteiger partial charge in [-0.05, 0) is 19.3 Å². The fourth-order valence-electron chi connectivity index (χ4n) is 2.41. The first-order chi connectivity index (χ1) is 7.48. The van der Waals surface area contributed by atoms with Crippen LogP contribution in [0.4, 0.5) is 4.79 Å². The number of amides is 2. The van der Waals surface area contributed by atoms with Crippen LogP contribution in [0.15, 0.2) is 12.2 Å². The van der Waals surface area contributed by atoms with Gasteiger partial charge in [0.05, 0.1) is 5.41 Å². The molecule has 1 heterocycles. The molecule has 86 valence electrons. The number of rotatable bonds is 1. The van der Waals surface area contributed by atoms with Crippen LogP contribution < -0.4 is 0 Å². The van der Waals surface area contributed by atoms with E-state index in [1.54, 1.807) is 12.2 Å². The Balaban J connectivity index is 2.34. The Bertz CT molecular complexity index is 392. The fraction of sp³-hybridized carbons (Fsp3) is 0.500. The normalized spacial score (nSPS) is 26.6. The summed E-state index contributed by atoms with van der Waals surface area (Å²) >= 11 is 0. The summed E-state index contributed by atoms with van der Waals surface area (Å²) in [6.45, 7) is 0. The summed E-state index contributed by atoms with van der Waals surface area (Å²) in [5.41, 5.74) is -0.832. The van der Waals surface area contributed by atoms with Gasteiger partial charge in [0.2, 0.25) is 5.91 Å². The van der Waals surface area contributed by atoms with E-state index >= 15 is 0 Å². The Morgan fingerprint density at radius 3 is 2.25 bits per heavy atom. The molecule has 1 aliphatic carbocycles. The highest BCUT2D eigenvalue weighted by molar-refractivity contribution is 6.02. The molecule has 0 radical (unpaired) electrons. The van der Waals surface area contributed by atoms with Crippen LogP contribution in [0.2, 0.25) is 0 Å². The predicted molar refractivity (Wildman–Crippen MR) is 51.7 cm³/mol. The van der Waals surface area contributed by atoms with E-state index in [-0.39, 0.29) is 6.42 Å². The van der Waals surface area contributed by atoms with Crippen molar-refractivity contribution in [2.24, 2.45) is 5.41 Å². The number of carboxylic acids is 1. The largest absolute Gasteiger partial charge is 0.480 e. The van der Waals surface area contributed by atoms with Gasteiger partial charge in [-0.25, -0.2) is 14.5 Å². The molecule has 16 heavy (non-hydrogen) atoms. The number of nitrogens with zero attached hydrogens (tertiary/aromatic N) is 1. The molecule has 6 nitrogen and oxygen atoms in total. The molecular formula is C10H11NO5. The molecule has 0 aromatic heterocycles. The summed E-state index contributed by atoms with van der Waals surface area (Å²) in [6.07, 6.45) is 3.03. The van der Waals surface area contributed by atoms with E-state index in [4.69, 9.17) is 10.2 Å². The predicted octanol–water partition coefficient (Wildman–Crippen LogP) is 0.686. The highest BCUT2D eigenvalue weighted by atomic mass is 16.4. The first kappa shape index (κ1) is 10.7. The van der Waals surface area contributed by atoms with Gasteiger partial charge >= 0.3 is 12.1 Å². The molecule has 0 aromatic carbocycles. The first-order valence-electron chi connectivity index (χ1n) is 4.92. The summed E-state index contributed by atoms with van der Waals surface area (Å²) in [7, 11) is 0. The SMILES string of the molecule is O=C(O)[C@@H]1CC2(CC=CC2)C(=O)N1C(=O)O. The smallest absolute Gasteiger partial charge is 0.414 e. The monoisotopic (exact) mass is 225 g/mol. The Morgan fingerprint density at radius 1 is 1.31 bits per heavy atom. The standard InChI is InChI=1S/C10H11NO5/c12-7(13)6-5-10(3-1-2-4-10)8(14)11(6)9(15)16/h1-2,6H,3-5H2,(H,12,13)(H,15,16)/t6-/m0/s1. The minimum atomic E-state index is -1.49. The zero-order chi connectivity index (χ0) is 11.9. The number of likely N-dealkylation sites (tertiary alicyclic amines) is 1. The Labute approximate surface area is 91.2 Å². The molecule has 2 rings (SSSR count). The number of imide groups is 1. The lowest BCUT2D eigenvalue weighted by Gasteiger charge is -2.19. The van der Waals surface area contributed by atoms with Gasteiger partial charge in [0.15, 0.2) is 0 Å². The fourth-order valence-corrected chi connectivity index (χ4v) is 2.41. The molecule has 1 saturated heterocycles. The van der Waals surface area contributed by atoms with Crippen LogP contribution in [0.1, 0.15) is 19.3 Å². The van der Waals surface area contributed by atoms with Crippen molar-refractivity contribution in [1.82, 2.24) is 4.90 Å². The maximum atomic E-state index is 11.9. The van der Waals surface area contributed by atoms with Gasteiger partial charge in [0.25, 0.3) is 0 Å². The van der Waals surface area contributed by atoms with Crippen LogP contribution in [0.5, 0.6) is 0 Å². The van der Waals surface area contributed by atoms with E-state index < -0.39 is 29.4 Å². The molecule has 0 bridgehead atoms. The van der Waals surface area contributed by atoms with Gasteiger partial charge in [0, 0.05) is 0 Å². The first-order valence-corrected chi connectivity index (χ1v) is 4.92. The van der Waals surface area contributed by atoms with Crippen LogP contribution >= 0.6 is 0 Å². The van der Waals surface area contributed by atoms with Crippen LogP contribution in [0.3, 0.4) is 0 Å². The highest BCUT2D eigenvalue weighted by Gasteiger charge is 2.56. The van der Waals surface area contributed by atoms with E-state index in [2.05, 4.69) is 0 Å². The van der Waals surface area contributed by atoms with E-state index in [1.165, 1.54) is 0 Å². The molecule has 2 aliphatic rings. The third-order valence-electron chi connectivity index (χ3n) is 3.24. The van der Waals surface area contributed by atoms with E-state index in [0.717, 1.165) is 0 Å². The Morgan fingerprint density at radius 2 is 1.88 bits per heavy atom. The third-order valence-corrected chi connectivity index (χ3v) is 3.24. The van der Waals surface area contributed by atoms with E-state index in [9.17, 15) is 14.4 Å². The van der Waals surface area contributed by atoms with Crippen molar-refractivity contribution in [3.05, 3.63) is 12.2 Å². The number of carboxylic acid groups (broad SMARTS) is 2. The van der Waals surface area contributed by atoms with Crippen molar-refractivity contribution in [2.45, 2.75) is 25.3 Å². The average molecular weight is 225 g/mol. The Kier molecular flexibility index (Phi) is 2.22. The van der Waals surface area contributed by atoms with Crippen molar-refractivity contribution in [3.63, 3.8) is 0 Å². The number of carbonyl (C=O) groups excluding carboxylic acids is 1. The molecule has 0 unspecified atom stereocenters. The summed E-state index contributed by atoms with van der Waals surface area (Å²) in [5.74, 6) is -1.85. The summed E-state index contributed by atoms with van der Waals surface area (Å²) in [5, 5.41) is 17.8. The number of hydrogen-bond donors (Lipinski definition) is 2. The Hall–Kier alpha value is -1.85. The topological polar surface area (TPSA) is 94.9 Å². The zero-order valence-corrected chi connectivity index (χ0v) is 8.42. The molecule has 2 N–H and O–H groups in total. The number of hydrogen-bond acceptors (Lipinski definition) is 3. The van der Waals surface area contributed by atoms with Crippen molar-refractivity contribution >= 4 is 18.0 Å². The minimum Gasteiger partial charge on any atom is -0.480 e. The van der Waals surface area contributed by atoms with Crippen LogP contribution in [-0.2, 0) is 9.59 Å². The second kappa shape index (κ2) is 3.33. The number of allylic oxidation sites excluding steroid dienone is 2. The van der Waals surface area contributed by atoms with Gasteiger partial charge in [-0.3, -0.25) is 4.79 Å². The molecule has 0 saturated carbocycles. The van der Waals surface area contributed by atoms with Crippen LogP contribution in [0, 0.1) is 5.41 Å². The zero-order valence-electron chi connectivity index (χ0n) is 8.42. The summed E-state index contributed by atoms with van der Waals surface area (Å²) < 4.78 is 0. The molecular weight excluding hydrogens is 214 g/mol. The van der Waals surface area contributed by atoms with Gasteiger partial charge in [-0.2, -0.15) is 0 Å². The molecule has 1 atom stereocenters. The van der Waals surface area contributed by atoms with E-state index in [0.29, 0.717) is 17.7 Å². The van der Waals surface area contributed by atoms with Gasteiger partial charge in [-0.1, -0.05) is 12.2 Å². The third kappa shape index (κ3) is 1.30. The maximum absolute atomic E-state index is 11.9. The van der Waals surface area contributed by atoms with Crippen LogP contribution in [-0.4, -0.2) is 39.1 Å². The summed E-state index contributed by atoms with van der Waals surface area (Å²) in [4.78, 5) is 34.2. The number of aliphatic carboxylic acids is 1. The molecule has 6 heteroatoms. The highest BCUT2D eigenvalue weighted by Crippen LogP contribution is 2.45. The molecule has 2 amide bonds. The molecule has 1 fully saturated rings. The van der Waals surface area contributed by atoms with Crippen molar-refractivity contribution in [2.75, 3.05) is 0 Å². The van der Waals surface area contributed by atoms with Crippen molar-refractivity contribution in [3.8, 4) is 0 Å². The second-order valence-electron chi connectivity index (χ2n) is 4.18. The summed E-state index contributed by atoms with van der Waals surface area (Å²) in [6, 6.07) is -1.25. The molecule has 0 aromatic rings. The average Bonchev–Trinajstić information content (AvgIpc) is 2.75. The lowest BCUT2D eigenvalue weighted by atomic mass is 9.82. The molecule has 1 spiro atoms. The van der Waals surface area contributed by atoms with Gasteiger partial charge in [-0.15, -0.1) is 0 Å². The number of carbonyl (C=O) groups is 3. The second-order valence-corrected chi connectivity index (χ2v) is 4.18. The van der Waals surface area contributed by atoms with E-state index in [1.807, 2.05) is 0 Å². The van der Waals surface area contributed by atoms with Crippen molar-refractivity contribution in [1.29, 1.82) is 0 Å². The molecule has 1 aliphatic heterocycles. The van der Waals surface area contributed by atoms with Gasteiger partial charge < -0.3 is 10.2 Å². The lowest BCUT2D eigenvalue weighted by Crippen LogP contribution is -2.43.